The van der Waals surface area contributed by atoms with Crippen LogP contribution in [-0.2, 0) is 16.6 Å². The molecule has 0 heterocycles. The van der Waals surface area contributed by atoms with Crippen molar-refractivity contribution in [2.45, 2.75) is 44.6 Å². The third kappa shape index (κ3) is 4.08. The van der Waals surface area contributed by atoms with Gasteiger partial charge in [0.25, 0.3) is 0 Å². The highest BCUT2D eigenvalue weighted by Gasteiger charge is 2.15. The largest absolute Gasteiger partial charge is 0.326 e. The first-order chi connectivity index (χ1) is 8.51. The standard InChI is InChI=1S/C13H22N2O2S/c1-3-4-5-8-15-18(16,17)13-7-6-12(10-14)9-11(13)2/h6-7,9,15H,3-5,8,10,14H2,1-2H3. The van der Waals surface area contributed by atoms with Gasteiger partial charge in [-0.05, 0) is 30.5 Å². The zero-order chi connectivity index (χ0) is 13.6. The lowest BCUT2D eigenvalue weighted by atomic mass is 10.1. The molecule has 1 rings (SSSR count). The molecule has 0 saturated heterocycles. The average Bonchev–Trinajstić information content (AvgIpc) is 2.34. The van der Waals surface area contributed by atoms with E-state index in [0.717, 1.165) is 30.4 Å². The van der Waals surface area contributed by atoms with Gasteiger partial charge in [-0.2, -0.15) is 0 Å². The molecule has 0 aliphatic heterocycles. The molecule has 0 radical (unpaired) electrons. The third-order valence-electron chi connectivity index (χ3n) is 2.84. The molecule has 0 bridgehead atoms. The summed E-state index contributed by atoms with van der Waals surface area (Å²) in [6, 6.07) is 5.20. The van der Waals surface area contributed by atoms with Gasteiger partial charge in [0.1, 0.15) is 0 Å². The zero-order valence-electron chi connectivity index (χ0n) is 11.1. The molecule has 102 valence electrons. The van der Waals surface area contributed by atoms with E-state index < -0.39 is 10.0 Å². The number of aryl methyl sites for hydroxylation is 1. The van der Waals surface area contributed by atoms with Crippen molar-refractivity contribution in [3.05, 3.63) is 29.3 Å². The van der Waals surface area contributed by atoms with E-state index in [-0.39, 0.29) is 0 Å². The van der Waals surface area contributed by atoms with Crippen LogP contribution in [0.15, 0.2) is 23.1 Å². The van der Waals surface area contributed by atoms with Crippen molar-refractivity contribution >= 4 is 10.0 Å². The monoisotopic (exact) mass is 270 g/mol. The highest BCUT2D eigenvalue weighted by molar-refractivity contribution is 7.89. The number of nitrogens with one attached hydrogen (secondary N) is 1. The maximum absolute atomic E-state index is 12.1. The molecule has 0 amide bonds. The summed E-state index contributed by atoms with van der Waals surface area (Å²) in [6.07, 6.45) is 2.98. The highest BCUT2D eigenvalue weighted by atomic mass is 32.2. The van der Waals surface area contributed by atoms with Crippen LogP contribution in [0.4, 0.5) is 0 Å². The second kappa shape index (κ2) is 6.87. The molecular formula is C13H22N2O2S. The van der Waals surface area contributed by atoms with Crippen molar-refractivity contribution in [1.29, 1.82) is 0 Å². The van der Waals surface area contributed by atoms with Gasteiger partial charge in [-0.3, -0.25) is 0 Å². The van der Waals surface area contributed by atoms with E-state index in [0.29, 0.717) is 18.0 Å². The molecule has 0 atom stereocenters. The molecule has 5 heteroatoms. The second-order valence-electron chi connectivity index (χ2n) is 4.41. The van der Waals surface area contributed by atoms with E-state index in [1.165, 1.54) is 0 Å². The van der Waals surface area contributed by atoms with Gasteiger partial charge in [0.15, 0.2) is 0 Å². The fourth-order valence-electron chi connectivity index (χ4n) is 1.80. The maximum atomic E-state index is 12.1. The van der Waals surface area contributed by atoms with Crippen LogP contribution in [0.5, 0.6) is 0 Å². The highest BCUT2D eigenvalue weighted by Crippen LogP contribution is 2.16. The van der Waals surface area contributed by atoms with Gasteiger partial charge >= 0.3 is 0 Å². The Morgan fingerprint density at radius 1 is 1.28 bits per heavy atom. The number of hydrogen-bond acceptors (Lipinski definition) is 3. The van der Waals surface area contributed by atoms with Crippen LogP contribution in [0, 0.1) is 6.92 Å². The normalized spacial score (nSPS) is 11.7. The molecule has 0 spiro atoms. The van der Waals surface area contributed by atoms with Crippen molar-refractivity contribution < 1.29 is 8.42 Å². The molecule has 0 aliphatic rings. The van der Waals surface area contributed by atoms with Crippen molar-refractivity contribution in [2.24, 2.45) is 5.73 Å². The molecule has 0 fully saturated rings. The Bertz CT molecular complexity index is 484. The summed E-state index contributed by atoms with van der Waals surface area (Å²) in [5.74, 6) is 0. The van der Waals surface area contributed by atoms with E-state index in [1.54, 1.807) is 19.1 Å². The Balaban J connectivity index is 2.78. The molecule has 0 saturated carbocycles. The van der Waals surface area contributed by atoms with Crippen LogP contribution in [0.3, 0.4) is 0 Å². The number of hydrogen-bond donors (Lipinski definition) is 2. The minimum atomic E-state index is -3.39. The second-order valence-corrected chi connectivity index (χ2v) is 6.14. The molecule has 3 N–H and O–H groups in total. The number of unbranched alkanes of at least 4 members (excludes halogenated alkanes) is 2. The van der Waals surface area contributed by atoms with Crippen molar-refractivity contribution in [3.8, 4) is 0 Å². The number of sulfonamides is 1. The lowest BCUT2D eigenvalue weighted by Crippen LogP contribution is -2.25. The fraction of sp³-hybridized carbons (Fsp3) is 0.538. The summed E-state index contributed by atoms with van der Waals surface area (Å²) in [5.41, 5.74) is 7.21. The smallest absolute Gasteiger partial charge is 0.240 e. The topological polar surface area (TPSA) is 72.2 Å². The van der Waals surface area contributed by atoms with Gasteiger partial charge in [-0.15, -0.1) is 0 Å². The van der Waals surface area contributed by atoms with Crippen LogP contribution >= 0.6 is 0 Å². The first-order valence-corrected chi connectivity index (χ1v) is 7.79. The Kier molecular flexibility index (Phi) is 5.78. The SMILES string of the molecule is CCCCCNS(=O)(=O)c1ccc(CN)cc1C. The first-order valence-electron chi connectivity index (χ1n) is 6.30. The number of nitrogens with two attached hydrogens (primary N) is 1. The minimum Gasteiger partial charge on any atom is -0.326 e. The van der Waals surface area contributed by atoms with E-state index in [9.17, 15) is 8.42 Å². The summed E-state index contributed by atoms with van der Waals surface area (Å²) in [7, 11) is -3.39. The van der Waals surface area contributed by atoms with Crippen LogP contribution < -0.4 is 10.5 Å². The predicted octanol–water partition coefficient (Wildman–Crippen LogP) is 1.92. The third-order valence-corrected chi connectivity index (χ3v) is 4.46. The van der Waals surface area contributed by atoms with Crippen LogP contribution in [0.25, 0.3) is 0 Å². The summed E-state index contributed by atoms with van der Waals surface area (Å²) in [5, 5.41) is 0. The van der Waals surface area contributed by atoms with Gasteiger partial charge in [0.05, 0.1) is 4.90 Å². The molecule has 0 aromatic heterocycles. The Labute approximate surface area is 110 Å². The van der Waals surface area contributed by atoms with Crippen LogP contribution in [0.1, 0.15) is 37.3 Å². The Hall–Kier alpha value is -0.910. The molecule has 18 heavy (non-hydrogen) atoms. The molecule has 1 aromatic rings. The van der Waals surface area contributed by atoms with Gasteiger partial charge in [0.2, 0.25) is 10.0 Å². The van der Waals surface area contributed by atoms with E-state index in [2.05, 4.69) is 11.6 Å². The first kappa shape index (κ1) is 15.1. The van der Waals surface area contributed by atoms with Gasteiger partial charge in [0, 0.05) is 13.1 Å². The maximum Gasteiger partial charge on any atom is 0.240 e. The van der Waals surface area contributed by atoms with Crippen molar-refractivity contribution in [3.63, 3.8) is 0 Å². The van der Waals surface area contributed by atoms with E-state index in [4.69, 9.17) is 5.73 Å². The van der Waals surface area contributed by atoms with E-state index in [1.807, 2.05) is 6.07 Å². The van der Waals surface area contributed by atoms with Gasteiger partial charge < -0.3 is 5.73 Å². The van der Waals surface area contributed by atoms with Gasteiger partial charge in [-0.1, -0.05) is 31.9 Å². The number of rotatable bonds is 7. The Morgan fingerprint density at radius 3 is 2.56 bits per heavy atom. The Morgan fingerprint density at radius 2 is 2.00 bits per heavy atom. The van der Waals surface area contributed by atoms with Crippen LogP contribution in [-0.4, -0.2) is 15.0 Å². The average molecular weight is 270 g/mol. The fourth-order valence-corrected chi connectivity index (χ4v) is 3.10. The minimum absolute atomic E-state index is 0.344. The zero-order valence-corrected chi connectivity index (χ0v) is 11.9. The summed E-state index contributed by atoms with van der Waals surface area (Å²) in [6.45, 7) is 4.79. The number of benzene rings is 1. The van der Waals surface area contributed by atoms with Crippen molar-refractivity contribution in [2.75, 3.05) is 6.54 Å². The summed E-state index contributed by atoms with van der Waals surface area (Å²) < 4.78 is 26.8. The molecule has 0 aliphatic carbocycles. The molecule has 4 nitrogen and oxygen atoms in total. The summed E-state index contributed by atoms with van der Waals surface area (Å²) >= 11 is 0. The quantitative estimate of drug-likeness (QED) is 0.744. The van der Waals surface area contributed by atoms with E-state index >= 15 is 0 Å². The van der Waals surface area contributed by atoms with Crippen LogP contribution in [0.2, 0.25) is 0 Å². The molecular weight excluding hydrogens is 248 g/mol. The molecule has 1 aromatic carbocycles. The molecule has 0 unspecified atom stereocenters. The van der Waals surface area contributed by atoms with Crippen molar-refractivity contribution in [1.82, 2.24) is 4.72 Å². The lowest BCUT2D eigenvalue weighted by molar-refractivity contribution is 0.575. The predicted molar refractivity (Wildman–Crippen MR) is 73.8 cm³/mol. The van der Waals surface area contributed by atoms with Gasteiger partial charge in [-0.25, -0.2) is 13.1 Å². The lowest BCUT2D eigenvalue weighted by Gasteiger charge is -2.10. The summed E-state index contributed by atoms with van der Waals surface area (Å²) in [4.78, 5) is 0.344.